The lowest BCUT2D eigenvalue weighted by Gasteiger charge is -2.28. The lowest BCUT2D eigenvalue weighted by molar-refractivity contribution is 0.356. The van der Waals surface area contributed by atoms with Crippen LogP contribution in [0.5, 0.6) is 0 Å². The first-order chi connectivity index (χ1) is 19.4. The Morgan fingerprint density at radius 2 is 1.95 bits per heavy atom. The number of hydrogen-bond donors (Lipinski definition) is 3. The molecule has 0 spiro atoms. The SMILES string of the molecule is C=C/C(=C\C(=C/C)c1cc2c(-c3cc4c(-c5cc(C)cc(F)c5)cccc4[nH]3)n[nH]c2cn1)NC(=C)C1CCC1. The lowest BCUT2D eigenvalue weighted by atomic mass is 9.83. The highest BCUT2D eigenvalue weighted by atomic mass is 19.1. The van der Waals surface area contributed by atoms with Crippen molar-refractivity contribution in [3.63, 3.8) is 0 Å². The van der Waals surface area contributed by atoms with Gasteiger partial charge in [-0.25, -0.2) is 4.39 Å². The van der Waals surface area contributed by atoms with E-state index in [1.807, 2.05) is 56.5 Å². The molecule has 1 aliphatic carbocycles. The van der Waals surface area contributed by atoms with Gasteiger partial charge in [-0.05, 0) is 97.4 Å². The summed E-state index contributed by atoms with van der Waals surface area (Å²) in [4.78, 5) is 8.23. The molecule has 1 aliphatic rings. The van der Waals surface area contributed by atoms with Crippen LogP contribution in [-0.2, 0) is 0 Å². The van der Waals surface area contributed by atoms with Crippen LogP contribution in [0.4, 0.5) is 4.39 Å². The number of rotatable bonds is 8. The van der Waals surface area contributed by atoms with E-state index >= 15 is 0 Å². The number of aromatic amines is 2. The van der Waals surface area contributed by atoms with Gasteiger partial charge in [-0.3, -0.25) is 10.1 Å². The number of fused-ring (bicyclic) bond motifs is 2. The molecule has 0 bridgehead atoms. The molecule has 3 aromatic heterocycles. The third kappa shape index (κ3) is 4.77. The van der Waals surface area contributed by atoms with E-state index in [1.165, 1.54) is 19.3 Å². The molecule has 0 radical (unpaired) electrons. The minimum Gasteiger partial charge on any atom is -0.359 e. The summed E-state index contributed by atoms with van der Waals surface area (Å²) in [6, 6.07) is 15.3. The van der Waals surface area contributed by atoms with Crippen LogP contribution in [0.15, 0.2) is 97.5 Å². The highest BCUT2D eigenvalue weighted by Crippen LogP contribution is 2.35. The van der Waals surface area contributed by atoms with Crippen LogP contribution in [0.25, 0.3) is 49.9 Å². The second-order valence-corrected chi connectivity index (χ2v) is 10.5. The van der Waals surface area contributed by atoms with E-state index in [1.54, 1.807) is 12.1 Å². The molecule has 3 N–H and O–H groups in total. The summed E-state index contributed by atoms with van der Waals surface area (Å²) in [5.74, 6) is 0.291. The number of pyridine rings is 1. The van der Waals surface area contributed by atoms with Crippen LogP contribution in [0.3, 0.4) is 0 Å². The summed E-state index contributed by atoms with van der Waals surface area (Å²) in [5, 5.41) is 13.2. The fraction of sp³-hybridized carbons (Fsp3) is 0.176. The Bertz CT molecular complexity index is 1810. The first kappa shape index (κ1) is 25.6. The van der Waals surface area contributed by atoms with Crippen molar-refractivity contribution >= 4 is 27.4 Å². The first-order valence-electron chi connectivity index (χ1n) is 13.6. The monoisotopic (exact) mass is 529 g/mol. The van der Waals surface area contributed by atoms with Gasteiger partial charge in [0.1, 0.15) is 11.5 Å². The van der Waals surface area contributed by atoms with Crippen molar-refractivity contribution in [2.45, 2.75) is 33.1 Å². The van der Waals surface area contributed by atoms with Crippen LogP contribution in [-0.4, -0.2) is 20.2 Å². The standard InChI is InChI=1S/C34H32FN5/c1-5-22(16-26(6-2)37-21(4)23-9-7-10-23)31-18-29-33(19-36-31)39-40-34(29)32-17-28-27(11-8-12-30(28)38-32)24-13-20(3)14-25(35)15-24/h5-6,8,11-19,23,37-38H,2,4,7,9-10H2,1,3H3,(H,39,40)/b22-5+,26-16+. The predicted octanol–water partition coefficient (Wildman–Crippen LogP) is 8.60. The maximum atomic E-state index is 14.2. The molecule has 40 heavy (non-hydrogen) atoms. The summed E-state index contributed by atoms with van der Waals surface area (Å²) >= 11 is 0. The molecule has 3 heterocycles. The summed E-state index contributed by atoms with van der Waals surface area (Å²) < 4.78 is 14.2. The highest BCUT2D eigenvalue weighted by molar-refractivity contribution is 6.01. The first-order valence-corrected chi connectivity index (χ1v) is 13.6. The lowest BCUT2D eigenvalue weighted by Crippen LogP contribution is -2.23. The van der Waals surface area contributed by atoms with Crippen LogP contribution in [0, 0.1) is 18.7 Å². The topological polar surface area (TPSA) is 69.4 Å². The predicted molar refractivity (Wildman–Crippen MR) is 163 cm³/mol. The third-order valence-electron chi connectivity index (χ3n) is 7.76. The number of hydrogen-bond acceptors (Lipinski definition) is 3. The molecular weight excluding hydrogens is 497 g/mol. The summed E-state index contributed by atoms with van der Waals surface area (Å²) in [7, 11) is 0. The zero-order valence-electron chi connectivity index (χ0n) is 22.8. The van der Waals surface area contributed by atoms with Crippen LogP contribution >= 0.6 is 0 Å². The number of benzene rings is 2. The Morgan fingerprint density at radius 3 is 2.67 bits per heavy atom. The van der Waals surface area contributed by atoms with E-state index in [4.69, 9.17) is 4.98 Å². The molecular formula is C34H32FN5. The third-order valence-corrected chi connectivity index (χ3v) is 7.76. The van der Waals surface area contributed by atoms with Gasteiger partial charge in [0.05, 0.1) is 23.1 Å². The van der Waals surface area contributed by atoms with Gasteiger partial charge >= 0.3 is 0 Å². The summed E-state index contributed by atoms with van der Waals surface area (Å²) in [5.41, 5.74) is 9.94. The van der Waals surface area contributed by atoms with Gasteiger partial charge in [0.25, 0.3) is 0 Å². The molecule has 6 rings (SSSR count). The largest absolute Gasteiger partial charge is 0.359 e. The van der Waals surface area contributed by atoms with Crippen molar-refractivity contribution in [1.29, 1.82) is 0 Å². The Labute approximate surface area is 233 Å². The van der Waals surface area contributed by atoms with E-state index in [0.29, 0.717) is 5.92 Å². The molecule has 0 amide bonds. The number of aromatic nitrogens is 4. The number of halogens is 1. The van der Waals surface area contributed by atoms with E-state index in [9.17, 15) is 4.39 Å². The molecule has 0 unspecified atom stereocenters. The average molecular weight is 530 g/mol. The second kappa shape index (κ2) is 10.5. The molecule has 1 fully saturated rings. The highest BCUT2D eigenvalue weighted by Gasteiger charge is 2.21. The van der Waals surface area contributed by atoms with E-state index in [2.05, 4.69) is 51.9 Å². The maximum absolute atomic E-state index is 14.2. The molecule has 5 aromatic rings. The Morgan fingerprint density at radius 1 is 1.10 bits per heavy atom. The minimum atomic E-state index is -0.239. The minimum absolute atomic E-state index is 0.239. The van der Waals surface area contributed by atoms with Gasteiger partial charge in [0.2, 0.25) is 0 Å². The molecule has 5 nitrogen and oxygen atoms in total. The van der Waals surface area contributed by atoms with E-state index in [-0.39, 0.29) is 5.82 Å². The zero-order valence-corrected chi connectivity index (χ0v) is 22.8. The molecule has 6 heteroatoms. The quantitative estimate of drug-likeness (QED) is 0.176. The van der Waals surface area contributed by atoms with Crippen molar-refractivity contribution < 1.29 is 4.39 Å². The normalized spacial score (nSPS) is 14.5. The molecule has 0 aliphatic heterocycles. The van der Waals surface area contributed by atoms with E-state index in [0.717, 1.165) is 72.5 Å². The maximum Gasteiger partial charge on any atom is 0.124 e. The second-order valence-electron chi connectivity index (χ2n) is 10.5. The number of H-pyrrole nitrogens is 2. The Hall–Kier alpha value is -4.71. The van der Waals surface area contributed by atoms with Gasteiger partial charge in [-0.2, -0.15) is 5.10 Å². The van der Waals surface area contributed by atoms with Gasteiger partial charge in [-0.15, -0.1) is 0 Å². The van der Waals surface area contributed by atoms with Crippen LogP contribution < -0.4 is 5.32 Å². The van der Waals surface area contributed by atoms with Crippen molar-refractivity contribution in [1.82, 2.24) is 25.5 Å². The van der Waals surface area contributed by atoms with Crippen molar-refractivity contribution in [2.24, 2.45) is 5.92 Å². The van der Waals surface area contributed by atoms with Gasteiger partial charge in [0, 0.05) is 27.7 Å². The molecule has 0 atom stereocenters. The average Bonchev–Trinajstić information content (AvgIpc) is 3.53. The Kier molecular flexibility index (Phi) is 6.68. The molecule has 1 saturated carbocycles. The molecule has 0 saturated heterocycles. The van der Waals surface area contributed by atoms with E-state index < -0.39 is 0 Å². The molecule has 2 aromatic carbocycles. The summed E-state index contributed by atoms with van der Waals surface area (Å²) in [6.45, 7) is 12.1. The molecule has 200 valence electrons. The van der Waals surface area contributed by atoms with Gasteiger partial charge in [0.15, 0.2) is 0 Å². The van der Waals surface area contributed by atoms with Crippen LogP contribution in [0.2, 0.25) is 0 Å². The number of nitrogens with zero attached hydrogens (tertiary/aromatic N) is 2. The zero-order chi connectivity index (χ0) is 27.8. The van der Waals surface area contributed by atoms with Crippen molar-refractivity contribution in [3.05, 3.63) is 115 Å². The van der Waals surface area contributed by atoms with Crippen LogP contribution in [0.1, 0.15) is 37.4 Å². The fourth-order valence-electron chi connectivity index (χ4n) is 5.37. The van der Waals surface area contributed by atoms with Gasteiger partial charge in [-0.1, -0.05) is 43.9 Å². The van der Waals surface area contributed by atoms with Gasteiger partial charge < -0.3 is 10.3 Å². The smallest absolute Gasteiger partial charge is 0.124 e. The summed E-state index contributed by atoms with van der Waals surface area (Å²) in [6.07, 6.45) is 11.4. The van der Waals surface area contributed by atoms with Crippen molar-refractivity contribution in [2.75, 3.05) is 0 Å². The number of aryl methyl sites for hydroxylation is 1. The number of allylic oxidation sites excluding steroid dienone is 5. The van der Waals surface area contributed by atoms with Crippen molar-refractivity contribution in [3.8, 4) is 22.5 Å². The Balaban J connectivity index is 1.38. The number of nitrogens with one attached hydrogen (secondary N) is 3. The fourth-order valence-corrected chi connectivity index (χ4v) is 5.37.